The Hall–Kier alpha value is -4.06. The number of hydrogen-bond donors (Lipinski definition) is 1. The van der Waals surface area contributed by atoms with Crippen LogP contribution in [0.2, 0.25) is 0 Å². The molecule has 0 atom stereocenters. The molecule has 2 aliphatic rings. The summed E-state index contributed by atoms with van der Waals surface area (Å²) in [5.41, 5.74) is 8.27. The van der Waals surface area contributed by atoms with Crippen molar-refractivity contribution >= 4 is 17.6 Å². The van der Waals surface area contributed by atoms with Crippen LogP contribution in [0.1, 0.15) is 30.7 Å². The molecule has 0 saturated carbocycles. The standard InChI is InChI=1S/C25H28N8O/c1-5-34-22-11-19(23-29-27-16-31(23)4)6-7-21(22)30-33-9-8-18-10-17(2)28-24(20(18)12-33)32-14-25(3,13-26)15-32/h6-11,16,30H,5,12,14-15H2,1-4H3. The molecule has 9 nitrogen and oxygen atoms in total. The smallest absolute Gasteiger partial charge is 0.163 e. The molecule has 1 aromatic carbocycles. The Kier molecular flexibility index (Phi) is 5.36. The van der Waals surface area contributed by atoms with Gasteiger partial charge in [-0.1, -0.05) is 0 Å². The van der Waals surface area contributed by atoms with E-state index < -0.39 is 0 Å². The Balaban J connectivity index is 1.40. The van der Waals surface area contributed by atoms with E-state index in [9.17, 15) is 5.26 Å². The third-order valence-electron chi connectivity index (χ3n) is 6.19. The van der Waals surface area contributed by atoms with Gasteiger partial charge >= 0.3 is 0 Å². The van der Waals surface area contributed by atoms with Crippen molar-refractivity contribution in [3.8, 4) is 23.2 Å². The highest BCUT2D eigenvalue weighted by molar-refractivity contribution is 5.69. The van der Waals surface area contributed by atoms with Crippen molar-refractivity contribution in [3.05, 3.63) is 53.6 Å². The minimum Gasteiger partial charge on any atom is -0.492 e. The van der Waals surface area contributed by atoms with Gasteiger partial charge in [0.15, 0.2) is 5.82 Å². The third kappa shape index (κ3) is 3.92. The second-order valence-electron chi connectivity index (χ2n) is 9.15. The minimum absolute atomic E-state index is 0.308. The van der Waals surface area contributed by atoms with Gasteiger partial charge in [0.1, 0.15) is 17.9 Å². The highest BCUT2D eigenvalue weighted by atomic mass is 16.5. The first-order valence-electron chi connectivity index (χ1n) is 11.4. The molecule has 0 amide bonds. The predicted octanol–water partition coefficient (Wildman–Crippen LogP) is 3.75. The Bertz CT molecular complexity index is 1300. The number of nitrogens with zero attached hydrogens (tertiary/aromatic N) is 7. The topological polar surface area (TPSA) is 95.1 Å². The maximum absolute atomic E-state index is 9.43. The zero-order chi connectivity index (χ0) is 23.9. The lowest BCUT2D eigenvalue weighted by Crippen LogP contribution is -2.55. The predicted molar refractivity (Wildman–Crippen MR) is 131 cm³/mol. The number of rotatable bonds is 6. The van der Waals surface area contributed by atoms with Gasteiger partial charge in [-0.2, -0.15) is 5.26 Å². The third-order valence-corrected chi connectivity index (χ3v) is 6.19. The fourth-order valence-electron chi connectivity index (χ4n) is 4.50. The molecular formula is C25H28N8O. The van der Waals surface area contributed by atoms with Crippen LogP contribution in [0.4, 0.5) is 11.5 Å². The zero-order valence-electron chi connectivity index (χ0n) is 19.9. The fourth-order valence-corrected chi connectivity index (χ4v) is 4.50. The van der Waals surface area contributed by atoms with Crippen molar-refractivity contribution in [1.29, 1.82) is 5.26 Å². The van der Waals surface area contributed by atoms with E-state index in [0.29, 0.717) is 26.2 Å². The quantitative estimate of drug-likeness (QED) is 0.599. The van der Waals surface area contributed by atoms with Gasteiger partial charge in [0.05, 0.1) is 30.3 Å². The van der Waals surface area contributed by atoms with E-state index in [2.05, 4.69) is 38.7 Å². The number of nitriles is 1. The lowest BCUT2D eigenvalue weighted by molar-refractivity contribution is 0.330. The SMILES string of the molecule is CCOc1cc(-c2nncn2C)ccc1NN1C=Cc2cc(C)nc(N3CC(C)(C#N)C3)c2C1. The Morgan fingerprint density at radius 3 is 2.79 bits per heavy atom. The van der Waals surface area contributed by atoms with Gasteiger partial charge in [-0.3, -0.25) is 10.4 Å². The van der Waals surface area contributed by atoms with E-state index in [1.54, 1.807) is 6.33 Å². The van der Waals surface area contributed by atoms with Gasteiger partial charge < -0.3 is 14.2 Å². The number of ether oxygens (including phenoxy) is 1. The van der Waals surface area contributed by atoms with Crippen molar-refractivity contribution in [3.63, 3.8) is 0 Å². The van der Waals surface area contributed by atoms with Crippen molar-refractivity contribution in [2.75, 3.05) is 30.0 Å². The van der Waals surface area contributed by atoms with E-state index in [4.69, 9.17) is 9.72 Å². The Morgan fingerprint density at radius 2 is 2.09 bits per heavy atom. The summed E-state index contributed by atoms with van der Waals surface area (Å²) in [6.07, 6.45) is 5.82. The Morgan fingerprint density at radius 1 is 1.26 bits per heavy atom. The summed E-state index contributed by atoms with van der Waals surface area (Å²) in [4.78, 5) is 7.04. The molecule has 2 aliphatic heterocycles. The molecule has 1 saturated heterocycles. The lowest BCUT2D eigenvalue weighted by Gasteiger charge is -2.45. The number of hydrazine groups is 1. The largest absolute Gasteiger partial charge is 0.492 e. The van der Waals surface area contributed by atoms with Gasteiger partial charge in [-0.25, -0.2) is 4.98 Å². The summed E-state index contributed by atoms with van der Waals surface area (Å²) in [6, 6.07) is 10.5. The minimum atomic E-state index is -0.308. The maximum atomic E-state index is 9.43. The second kappa shape index (κ2) is 8.37. The number of aromatic nitrogens is 4. The monoisotopic (exact) mass is 456 g/mol. The van der Waals surface area contributed by atoms with Crippen LogP contribution < -0.4 is 15.1 Å². The molecule has 2 aromatic heterocycles. The maximum Gasteiger partial charge on any atom is 0.163 e. The molecule has 0 bridgehead atoms. The van der Waals surface area contributed by atoms with Crippen molar-refractivity contribution < 1.29 is 4.74 Å². The average molecular weight is 457 g/mol. The summed E-state index contributed by atoms with van der Waals surface area (Å²) in [6.45, 7) is 8.57. The van der Waals surface area contributed by atoms with Gasteiger partial charge in [0.25, 0.3) is 0 Å². The van der Waals surface area contributed by atoms with E-state index in [0.717, 1.165) is 45.5 Å². The summed E-state index contributed by atoms with van der Waals surface area (Å²) in [5, 5.41) is 19.6. The lowest BCUT2D eigenvalue weighted by atomic mass is 9.83. The fraction of sp³-hybridized carbons (Fsp3) is 0.360. The first-order chi connectivity index (χ1) is 16.4. The van der Waals surface area contributed by atoms with Crippen LogP contribution in [0.3, 0.4) is 0 Å². The number of aryl methyl sites for hydroxylation is 2. The molecular weight excluding hydrogens is 428 g/mol. The molecule has 0 unspecified atom stereocenters. The van der Waals surface area contributed by atoms with Crippen molar-refractivity contribution in [1.82, 2.24) is 24.8 Å². The molecule has 9 heteroatoms. The first-order valence-corrected chi connectivity index (χ1v) is 11.4. The number of anilines is 2. The zero-order valence-corrected chi connectivity index (χ0v) is 19.9. The summed E-state index contributed by atoms with van der Waals surface area (Å²) in [7, 11) is 1.92. The van der Waals surface area contributed by atoms with Crippen LogP contribution in [-0.4, -0.2) is 44.5 Å². The van der Waals surface area contributed by atoms with Gasteiger partial charge in [0.2, 0.25) is 0 Å². The molecule has 1 N–H and O–H groups in total. The molecule has 0 spiro atoms. The number of hydrogen-bond acceptors (Lipinski definition) is 8. The molecule has 34 heavy (non-hydrogen) atoms. The summed E-state index contributed by atoms with van der Waals surface area (Å²) < 4.78 is 7.83. The molecule has 174 valence electrons. The van der Waals surface area contributed by atoms with Crippen LogP contribution in [0.25, 0.3) is 17.5 Å². The molecule has 5 rings (SSSR count). The number of fused-ring (bicyclic) bond motifs is 1. The molecule has 3 aromatic rings. The molecule has 4 heterocycles. The van der Waals surface area contributed by atoms with E-state index >= 15 is 0 Å². The summed E-state index contributed by atoms with van der Waals surface area (Å²) >= 11 is 0. The van der Waals surface area contributed by atoms with Gasteiger partial charge in [-0.15, -0.1) is 10.2 Å². The first kappa shape index (κ1) is 21.8. The normalized spacial score (nSPS) is 16.0. The van der Waals surface area contributed by atoms with Crippen LogP contribution in [0.5, 0.6) is 5.75 Å². The van der Waals surface area contributed by atoms with Crippen molar-refractivity contribution in [2.24, 2.45) is 12.5 Å². The van der Waals surface area contributed by atoms with Crippen LogP contribution in [-0.2, 0) is 13.6 Å². The molecule has 1 fully saturated rings. The molecule has 0 radical (unpaired) electrons. The van der Waals surface area contributed by atoms with E-state index in [1.807, 2.05) is 61.8 Å². The number of benzene rings is 1. The highest BCUT2D eigenvalue weighted by Gasteiger charge is 2.41. The van der Waals surface area contributed by atoms with Crippen LogP contribution >= 0.6 is 0 Å². The second-order valence-corrected chi connectivity index (χ2v) is 9.15. The number of nitrogens with one attached hydrogen (secondary N) is 1. The van der Waals surface area contributed by atoms with E-state index in [-0.39, 0.29) is 5.41 Å². The summed E-state index contributed by atoms with van der Waals surface area (Å²) in [5.74, 6) is 2.49. The van der Waals surface area contributed by atoms with E-state index in [1.165, 1.54) is 0 Å². The average Bonchev–Trinajstić information content (AvgIpc) is 3.24. The van der Waals surface area contributed by atoms with Crippen molar-refractivity contribution in [2.45, 2.75) is 27.3 Å². The Labute approximate surface area is 199 Å². The van der Waals surface area contributed by atoms with Gasteiger partial charge in [-0.05, 0) is 56.7 Å². The number of pyridine rings is 1. The van der Waals surface area contributed by atoms with Crippen LogP contribution in [0.15, 0.2) is 36.8 Å². The molecule has 0 aliphatic carbocycles. The highest BCUT2D eigenvalue weighted by Crippen LogP contribution is 2.38. The van der Waals surface area contributed by atoms with Crippen LogP contribution in [0, 0.1) is 23.7 Å². The van der Waals surface area contributed by atoms with Gasteiger partial charge in [0, 0.05) is 43.2 Å².